The molecule has 1 aromatic heterocycles. The van der Waals surface area contributed by atoms with Crippen LogP contribution >= 0.6 is 0 Å². The monoisotopic (exact) mass is 201 g/mol. The third-order valence-corrected chi connectivity index (χ3v) is 1.35. The molecule has 0 saturated carbocycles. The summed E-state index contributed by atoms with van der Waals surface area (Å²) in [6.45, 7) is -0.232. The maximum Gasteiger partial charge on any atom is 0.339 e. The van der Waals surface area contributed by atoms with E-state index in [1.54, 1.807) is 0 Å². The Kier molecular flexibility index (Phi) is 3.11. The number of esters is 1. The summed E-state index contributed by atoms with van der Waals surface area (Å²) in [5, 5.41) is 0. The van der Waals surface area contributed by atoms with E-state index in [1.807, 2.05) is 0 Å². The summed E-state index contributed by atoms with van der Waals surface area (Å²) in [4.78, 5) is 14.8. The molecule has 1 aromatic rings. The van der Waals surface area contributed by atoms with Crippen LogP contribution in [0.2, 0.25) is 0 Å². The highest BCUT2D eigenvalue weighted by molar-refractivity contribution is 5.88. The van der Waals surface area contributed by atoms with Crippen LogP contribution in [0.1, 0.15) is 17.3 Å². The Hall–Kier alpha value is -1.52. The lowest BCUT2D eigenvalue weighted by Crippen LogP contribution is -2.21. The molecule has 1 heterocycles. The number of nitrogens with zero attached hydrogens (tertiary/aromatic N) is 1. The number of rotatable bonds is 3. The van der Waals surface area contributed by atoms with Gasteiger partial charge in [-0.3, -0.25) is 4.98 Å². The summed E-state index contributed by atoms with van der Waals surface area (Å²) in [6.07, 6.45) is 2.74. The minimum Gasteiger partial charge on any atom is -0.456 e. The van der Waals surface area contributed by atoms with Crippen molar-refractivity contribution >= 4 is 5.97 Å². The van der Waals surface area contributed by atoms with E-state index in [0.717, 1.165) is 0 Å². The molecule has 14 heavy (non-hydrogen) atoms. The van der Waals surface area contributed by atoms with Crippen LogP contribution in [0.25, 0.3) is 0 Å². The standard InChI is InChI=1S/C9H9F2NO2/c1-9(10,11)6-14-8(13)7-3-2-4-12-5-7/h2-5H,6H2,1H3. The van der Waals surface area contributed by atoms with E-state index in [0.29, 0.717) is 6.92 Å². The molecule has 0 aliphatic carbocycles. The Labute approximate surface area is 79.7 Å². The number of carbonyl (C=O) groups excluding carboxylic acids is 1. The summed E-state index contributed by atoms with van der Waals surface area (Å²) in [6, 6.07) is 2.98. The number of halogens is 2. The molecule has 0 radical (unpaired) electrons. The third kappa shape index (κ3) is 3.47. The zero-order valence-electron chi connectivity index (χ0n) is 7.54. The van der Waals surface area contributed by atoms with Gasteiger partial charge in [0.2, 0.25) is 0 Å². The van der Waals surface area contributed by atoms with Crippen molar-refractivity contribution in [2.45, 2.75) is 12.8 Å². The van der Waals surface area contributed by atoms with Crippen LogP contribution in [0.3, 0.4) is 0 Å². The Bertz CT molecular complexity index is 308. The highest BCUT2D eigenvalue weighted by atomic mass is 19.3. The molecule has 0 spiro atoms. The average molecular weight is 201 g/mol. The van der Waals surface area contributed by atoms with Gasteiger partial charge in [-0.2, -0.15) is 0 Å². The van der Waals surface area contributed by atoms with E-state index >= 15 is 0 Å². The summed E-state index contributed by atoms with van der Waals surface area (Å²) in [7, 11) is 0. The topological polar surface area (TPSA) is 39.2 Å². The number of aromatic nitrogens is 1. The van der Waals surface area contributed by atoms with Gasteiger partial charge in [-0.15, -0.1) is 0 Å². The Morgan fingerprint density at radius 3 is 2.86 bits per heavy atom. The Morgan fingerprint density at radius 2 is 2.36 bits per heavy atom. The van der Waals surface area contributed by atoms with Crippen molar-refractivity contribution in [2.75, 3.05) is 6.61 Å². The van der Waals surface area contributed by atoms with Gasteiger partial charge in [0.1, 0.15) is 0 Å². The second kappa shape index (κ2) is 4.13. The van der Waals surface area contributed by atoms with Crippen molar-refractivity contribution in [1.29, 1.82) is 0 Å². The van der Waals surface area contributed by atoms with Crippen molar-refractivity contribution in [3.05, 3.63) is 30.1 Å². The first-order valence-electron chi connectivity index (χ1n) is 3.94. The van der Waals surface area contributed by atoms with E-state index in [4.69, 9.17) is 0 Å². The van der Waals surface area contributed by atoms with E-state index in [1.165, 1.54) is 24.5 Å². The number of pyridine rings is 1. The van der Waals surface area contributed by atoms with Crippen molar-refractivity contribution in [3.63, 3.8) is 0 Å². The summed E-state index contributed by atoms with van der Waals surface area (Å²) in [5.41, 5.74) is 0.164. The molecular formula is C9H9F2NO2. The number of hydrogen-bond acceptors (Lipinski definition) is 3. The molecule has 0 saturated heterocycles. The van der Waals surface area contributed by atoms with Crippen molar-refractivity contribution < 1.29 is 18.3 Å². The molecule has 0 unspecified atom stereocenters. The fourth-order valence-electron chi connectivity index (χ4n) is 0.759. The van der Waals surface area contributed by atoms with Gasteiger partial charge in [0, 0.05) is 19.3 Å². The van der Waals surface area contributed by atoms with Gasteiger partial charge in [0.25, 0.3) is 5.92 Å². The highest BCUT2D eigenvalue weighted by Gasteiger charge is 2.23. The minimum atomic E-state index is -3.00. The van der Waals surface area contributed by atoms with Gasteiger partial charge in [0.15, 0.2) is 6.61 Å². The fraction of sp³-hybridized carbons (Fsp3) is 0.333. The predicted octanol–water partition coefficient (Wildman–Crippen LogP) is 1.89. The molecule has 0 N–H and O–H groups in total. The molecule has 76 valence electrons. The smallest absolute Gasteiger partial charge is 0.339 e. The fourth-order valence-corrected chi connectivity index (χ4v) is 0.759. The maximum atomic E-state index is 12.3. The van der Waals surface area contributed by atoms with E-state index < -0.39 is 18.5 Å². The Morgan fingerprint density at radius 1 is 1.64 bits per heavy atom. The van der Waals surface area contributed by atoms with Crippen LogP contribution in [-0.4, -0.2) is 23.5 Å². The van der Waals surface area contributed by atoms with Crippen LogP contribution in [0.15, 0.2) is 24.5 Å². The van der Waals surface area contributed by atoms with Gasteiger partial charge < -0.3 is 4.74 Å². The first-order chi connectivity index (χ1) is 6.49. The van der Waals surface area contributed by atoms with E-state index in [2.05, 4.69) is 9.72 Å². The van der Waals surface area contributed by atoms with Gasteiger partial charge in [-0.05, 0) is 12.1 Å². The third-order valence-electron chi connectivity index (χ3n) is 1.35. The van der Waals surface area contributed by atoms with Crippen LogP contribution in [0.5, 0.6) is 0 Å². The molecule has 0 bridgehead atoms. The van der Waals surface area contributed by atoms with Gasteiger partial charge in [-0.25, -0.2) is 13.6 Å². The quantitative estimate of drug-likeness (QED) is 0.701. The van der Waals surface area contributed by atoms with Crippen LogP contribution in [0, 0.1) is 0 Å². The molecule has 3 nitrogen and oxygen atoms in total. The molecule has 0 aromatic carbocycles. The number of alkyl halides is 2. The number of carbonyl (C=O) groups is 1. The van der Waals surface area contributed by atoms with Crippen LogP contribution in [-0.2, 0) is 4.74 Å². The van der Waals surface area contributed by atoms with Crippen molar-refractivity contribution in [2.24, 2.45) is 0 Å². The van der Waals surface area contributed by atoms with Crippen LogP contribution < -0.4 is 0 Å². The van der Waals surface area contributed by atoms with E-state index in [9.17, 15) is 13.6 Å². The summed E-state index contributed by atoms with van der Waals surface area (Å²) in [5.74, 6) is -3.79. The van der Waals surface area contributed by atoms with Crippen LogP contribution in [0.4, 0.5) is 8.78 Å². The predicted molar refractivity (Wildman–Crippen MR) is 45.1 cm³/mol. The van der Waals surface area contributed by atoms with E-state index in [-0.39, 0.29) is 5.56 Å². The summed E-state index contributed by atoms with van der Waals surface area (Å²) >= 11 is 0. The number of ether oxygens (including phenoxy) is 1. The second-order valence-corrected chi connectivity index (χ2v) is 2.89. The van der Waals surface area contributed by atoms with Gasteiger partial charge in [0.05, 0.1) is 5.56 Å². The highest BCUT2D eigenvalue weighted by Crippen LogP contribution is 2.12. The number of hydrogen-bond donors (Lipinski definition) is 0. The molecule has 0 atom stereocenters. The minimum absolute atomic E-state index is 0.164. The molecule has 0 aliphatic rings. The second-order valence-electron chi connectivity index (χ2n) is 2.89. The average Bonchev–Trinajstić information content (AvgIpc) is 2.14. The van der Waals surface area contributed by atoms with Crippen molar-refractivity contribution in [3.8, 4) is 0 Å². The first kappa shape index (κ1) is 10.6. The molecular weight excluding hydrogens is 192 g/mol. The molecule has 1 rings (SSSR count). The zero-order valence-corrected chi connectivity index (χ0v) is 7.54. The SMILES string of the molecule is CC(F)(F)COC(=O)c1cccnc1. The maximum absolute atomic E-state index is 12.3. The Balaban J connectivity index is 2.52. The lowest BCUT2D eigenvalue weighted by molar-refractivity contribution is -0.0467. The largest absolute Gasteiger partial charge is 0.456 e. The van der Waals surface area contributed by atoms with Crippen molar-refractivity contribution in [1.82, 2.24) is 4.98 Å². The molecule has 0 fully saturated rings. The molecule has 0 amide bonds. The summed E-state index contributed by atoms with van der Waals surface area (Å²) < 4.78 is 29.0. The molecule has 0 aliphatic heterocycles. The molecule has 5 heteroatoms. The zero-order chi connectivity index (χ0) is 10.6. The van der Waals surface area contributed by atoms with Gasteiger partial charge >= 0.3 is 5.97 Å². The lowest BCUT2D eigenvalue weighted by Gasteiger charge is -2.10. The van der Waals surface area contributed by atoms with Gasteiger partial charge in [-0.1, -0.05) is 0 Å². The normalized spacial score (nSPS) is 11.1. The first-order valence-corrected chi connectivity index (χ1v) is 3.94. The lowest BCUT2D eigenvalue weighted by atomic mass is 10.3.